The van der Waals surface area contributed by atoms with Crippen molar-refractivity contribution in [1.29, 1.82) is 0 Å². The van der Waals surface area contributed by atoms with Crippen molar-refractivity contribution in [1.82, 2.24) is 5.32 Å². The average Bonchev–Trinajstić information content (AvgIpc) is 2.34. The number of nitrogens with one attached hydrogen (secondary N) is 1. The van der Waals surface area contributed by atoms with Gasteiger partial charge in [-0.1, -0.05) is 37.9 Å². The Morgan fingerprint density at radius 3 is 2.59 bits per heavy atom. The van der Waals surface area contributed by atoms with Crippen LogP contribution in [0.5, 0.6) is 5.75 Å². The Hall–Kier alpha value is -0.730. The van der Waals surface area contributed by atoms with Gasteiger partial charge in [0.15, 0.2) is 0 Å². The van der Waals surface area contributed by atoms with Crippen LogP contribution in [-0.2, 0) is 0 Å². The zero-order valence-corrected chi connectivity index (χ0v) is 11.7. The van der Waals surface area contributed by atoms with Crippen molar-refractivity contribution in [2.24, 2.45) is 0 Å². The average molecular weight is 256 g/mol. The van der Waals surface area contributed by atoms with E-state index in [4.69, 9.17) is 16.3 Å². The molecule has 0 heterocycles. The fraction of sp³-hybridized carbons (Fsp3) is 0.571. The van der Waals surface area contributed by atoms with Crippen molar-refractivity contribution in [2.75, 3.05) is 13.7 Å². The molecule has 1 rings (SSSR count). The molecule has 2 nitrogen and oxygen atoms in total. The first-order chi connectivity index (χ1) is 8.22. The number of ether oxygens (including phenoxy) is 1. The molecule has 0 radical (unpaired) electrons. The molecule has 0 aliphatic carbocycles. The summed E-state index contributed by atoms with van der Waals surface area (Å²) in [5, 5.41) is 4.32. The normalized spacial score (nSPS) is 12.5. The highest BCUT2D eigenvalue weighted by Crippen LogP contribution is 2.29. The quantitative estimate of drug-likeness (QED) is 0.789. The molecular weight excluding hydrogens is 234 g/mol. The minimum absolute atomic E-state index is 0.346. The Morgan fingerprint density at radius 2 is 2.06 bits per heavy atom. The van der Waals surface area contributed by atoms with Crippen molar-refractivity contribution in [2.45, 2.75) is 39.2 Å². The lowest BCUT2D eigenvalue weighted by Gasteiger charge is -2.20. The van der Waals surface area contributed by atoms with Gasteiger partial charge in [-0.2, -0.15) is 0 Å². The summed E-state index contributed by atoms with van der Waals surface area (Å²) in [6.07, 6.45) is 3.38. The van der Waals surface area contributed by atoms with Crippen LogP contribution in [0.4, 0.5) is 0 Å². The molecule has 1 N–H and O–H groups in total. The first-order valence-corrected chi connectivity index (χ1v) is 6.67. The second-order valence-corrected chi connectivity index (χ2v) is 4.59. The first kappa shape index (κ1) is 14.3. The molecule has 0 saturated carbocycles. The number of halogens is 1. The lowest BCUT2D eigenvalue weighted by Crippen LogP contribution is -2.22. The highest BCUT2D eigenvalue weighted by Gasteiger charge is 2.13. The van der Waals surface area contributed by atoms with E-state index in [1.807, 2.05) is 12.1 Å². The summed E-state index contributed by atoms with van der Waals surface area (Å²) in [4.78, 5) is 0. The summed E-state index contributed by atoms with van der Waals surface area (Å²) in [6.45, 7) is 5.39. The minimum atomic E-state index is 0.346. The van der Waals surface area contributed by atoms with Crippen LogP contribution in [0.2, 0.25) is 5.02 Å². The van der Waals surface area contributed by atoms with E-state index in [1.165, 1.54) is 5.56 Å². The van der Waals surface area contributed by atoms with E-state index >= 15 is 0 Å². The summed E-state index contributed by atoms with van der Waals surface area (Å²) in [7, 11) is 1.66. The van der Waals surface area contributed by atoms with Crippen molar-refractivity contribution in [3.05, 3.63) is 28.8 Å². The van der Waals surface area contributed by atoms with Crippen LogP contribution in [0.25, 0.3) is 0 Å². The SMILES string of the molecule is CCCNC(CCC)c1ccc(OC)cc1Cl. The molecule has 0 aromatic heterocycles. The molecule has 1 aromatic carbocycles. The second kappa shape index (κ2) is 7.57. The van der Waals surface area contributed by atoms with Gasteiger partial charge in [-0.25, -0.2) is 0 Å². The molecule has 0 fully saturated rings. The van der Waals surface area contributed by atoms with E-state index in [1.54, 1.807) is 7.11 Å². The van der Waals surface area contributed by atoms with E-state index in [0.29, 0.717) is 6.04 Å². The Balaban J connectivity index is 2.85. The maximum absolute atomic E-state index is 6.30. The van der Waals surface area contributed by atoms with E-state index in [9.17, 15) is 0 Å². The van der Waals surface area contributed by atoms with Gasteiger partial charge in [0.2, 0.25) is 0 Å². The third kappa shape index (κ3) is 4.21. The van der Waals surface area contributed by atoms with Gasteiger partial charge in [-0.15, -0.1) is 0 Å². The zero-order valence-electron chi connectivity index (χ0n) is 10.9. The van der Waals surface area contributed by atoms with E-state index in [-0.39, 0.29) is 0 Å². The standard InChI is InChI=1S/C14H22ClNO/c1-4-6-14(16-9-5-2)12-8-7-11(17-3)10-13(12)15/h7-8,10,14,16H,4-6,9H2,1-3H3. The number of methoxy groups -OCH3 is 1. The second-order valence-electron chi connectivity index (χ2n) is 4.18. The molecule has 17 heavy (non-hydrogen) atoms. The van der Waals surface area contributed by atoms with Crippen LogP contribution in [0.3, 0.4) is 0 Å². The van der Waals surface area contributed by atoms with Crippen LogP contribution < -0.4 is 10.1 Å². The molecule has 96 valence electrons. The monoisotopic (exact) mass is 255 g/mol. The maximum atomic E-state index is 6.30. The Bertz CT molecular complexity index is 341. The van der Waals surface area contributed by atoms with Gasteiger partial charge in [-0.3, -0.25) is 0 Å². The van der Waals surface area contributed by atoms with Gasteiger partial charge in [-0.05, 0) is 37.1 Å². The zero-order chi connectivity index (χ0) is 12.7. The van der Waals surface area contributed by atoms with Crippen molar-refractivity contribution < 1.29 is 4.74 Å². The van der Waals surface area contributed by atoms with E-state index < -0.39 is 0 Å². The van der Waals surface area contributed by atoms with Crippen LogP contribution >= 0.6 is 11.6 Å². The molecule has 3 heteroatoms. The fourth-order valence-electron chi connectivity index (χ4n) is 1.89. The molecule has 1 unspecified atom stereocenters. The lowest BCUT2D eigenvalue weighted by molar-refractivity contribution is 0.414. The summed E-state index contributed by atoms with van der Waals surface area (Å²) >= 11 is 6.30. The minimum Gasteiger partial charge on any atom is -0.497 e. The van der Waals surface area contributed by atoms with Crippen LogP contribution in [0.1, 0.15) is 44.7 Å². The van der Waals surface area contributed by atoms with Crippen molar-refractivity contribution in [3.63, 3.8) is 0 Å². The Morgan fingerprint density at radius 1 is 1.29 bits per heavy atom. The fourth-order valence-corrected chi connectivity index (χ4v) is 2.19. The molecule has 0 aliphatic rings. The predicted molar refractivity (Wildman–Crippen MR) is 73.9 cm³/mol. The third-order valence-electron chi connectivity index (χ3n) is 2.80. The lowest BCUT2D eigenvalue weighted by atomic mass is 10.0. The highest BCUT2D eigenvalue weighted by molar-refractivity contribution is 6.31. The van der Waals surface area contributed by atoms with E-state index in [2.05, 4.69) is 25.2 Å². The van der Waals surface area contributed by atoms with Gasteiger partial charge in [0.05, 0.1) is 7.11 Å². The number of hydrogen-bond donors (Lipinski definition) is 1. The van der Waals surface area contributed by atoms with Gasteiger partial charge in [0.25, 0.3) is 0 Å². The van der Waals surface area contributed by atoms with Gasteiger partial charge in [0.1, 0.15) is 5.75 Å². The summed E-state index contributed by atoms with van der Waals surface area (Å²) in [6, 6.07) is 6.26. The van der Waals surface area contributed by atoms with Crippen molar-refractivity contribution in [3.8, 4) is 5.75 Å². The van der Waals surface area contributed by atoms with Gasteiger partial charge >= 0.3 is 0 Å². The largest absolute Gasteiger partial charge is 0.497 e. The molecule has 0 saturated heterocycles. The predicted octanol–water partition coefficient (Wildman–Crippen LogP) is 4.19. The topological polar surface area (TPSA) is 21.3 Å². The molecule has 1 atom stereocenters. The van der Waals surface area contributed by atoms with Crippen LogP contribution in [-0.4, -0.2) is 13.7 Å². The molecule has 0 spiro atoms. The smallest absolute Gasteiger partial charge is 0.120 e. The number of benzene rings is 1. The van der Waals surface area contributed by atoms with Crippen molar-refractivity contribution >= 4 is 11.6 Å². The van der Waals surface area contributed by atoms with Gasteiger partial charge in [0, 0.05) is 11.1 Å². The summed E-state index contributed by atoms with van der Waals surface area (Å²) < 4.78 is 5.17. The number of rotatable bonds is 7. The molecular formula is C14H22ClNO. The third-order valence-corrected chi connectivity index (χ3v) is 3.13. The first-order valence-electron chi connectivity index (χ1n) is 6.29. The Labute approximate surface area is 109 Å². The number of hydrogen-bond acceptors (Lipinski definition) is 2. The molecule has 0 aliphatic heterocycles. The Kier molecular flexibility index (Phi) is 6.38. The molecule has 0 amide bonds. The maximum Gasteiger partial charge on any atom is 0.120 e. The van der Waals surface area contributed by atoms with E-state index in [0.717, 1.165) is 36.6 Å². The highest BCUT2D eigenvalue weighted by atomic mass is 35.5. The van der Waals surface area contributed by atoms with Crippen LogP contribution in [0, 0.1) is 0 Å². The molecule has 1 aromatic rings. The van der Waals surface area contributed by atoms with Crippen LogP contribution in [0.15, 0.2) is 18.2 Å². The van der Waals surface area contributed by atoms with Gasteiger partial charge < -0.3 is 10.1 Å². The summed E-state index contributed by atoms with van der Waals surface area (Å²) in [5.74, 6) is 0.810. The summed E-state index contributed by atoms with van der Waals surface area (Å²) in [5.41, 5.74) is 1.17. The molecule has 0 bridgehead atoms.